The number of hydrogen-bond acceptors (Lipinski definition) is 7. The van der Waals surface area contributed by atoms with E-state index in [1.807, 2.05) is 36.4 Å². The van der Waals surface area contributed by atoms with E-state index in [0.29, 0.717) is 48.4 Å². The van der Waals surface area contributed by atoms with Gasteiger partial charge < -0.3 is 30.1 Å². The first-order chi connectivity index (χ1) is 22.2. The van der Waals surface area contributed by atoms with Crippen molar-refractivity contribution in [1.82, 2.24) is 20.0 Å². The summed E-state index contributed by atoms with van der Waals surface area (Å²) in [6.07, 6.45) is 1.47. The predicted molar refractivity (Wildman–Crippen MR) is 175 cm³/mol. The van der Waals surface area contributed by atoms with Gasteiger partial charge in [-0.05, 0) is 86.8 Å². The van der Waals surface area contributed by atoms with Gasteiger partial charge in [0.25, 0.3) is 5.91 Å². The number of likely N-dealkylation sites (tertiary alicyclic amines) is 1. The fraction of sp³-hybridized carbons (Fsp3) is 0.382. The highest BCUT2D eigenvalue weighted by molar-refractivity contribution is 6.11. The zero-order chi connectivity index (χ0) is 32.2. The van der Waals surface area contributed by atoms with E-state index >= 15 is 0 Å². The summed E-state index contributed by atoms with van der Waals surface area (Å²) in [6, 6.07) is 15.0. The van der Waals surface area contributed by atoms with Crippen LogP contribution in [0.2, 0.25) is 0 Å². The molecule has 1 aromatic heterocycles. The van der Waals surface area contributed by atoms with E-state index in [0.717, 1.165) is 67.5 Å². The van der Waals surface area contributed by atoms with Gasteiger partial charge in [0.05, 0.1) is 17.7 Å². The van der Waals surface area contributed by atoms with Crippen LogP contribution in [0.25, 0.3) is 10.9 Å². The smallest absolute Gasteiger partial charge is 0.409 e. The normalized spacial score (nSPS) is 16.1. The second kappa shape index (κ2) is 13.7. The molecule has 2 aliphatic rings. The average Bonchev–Trinajstić information content (AvgIpc) is 3.43. The summed E-state index contributed by atoms with van der Waals surface area (Å²) in [5, 5.41) is 14.6. The molecule has 2 saturated heterocycles. The number of halogens is 2. The van der Waals surface area contributed by atoms with E-state index in [2.05, 4.69) is 37.7 Å². The molecule has 0 saturated carbocycles. The van der Waals surface area contributed by atoms with E-state index in [-0.39, 0.29) is 18.0 Å². The number of carbonyl (C=O) groups excluding carboxylic acids is 2. The molecular formula is C34H39F2N7O3. The van der Waals surface area contributed by atoms with Gasteiger partial charge in [0, 0.05) is 68.1 Å². The van der Waals surface area contributed by atoms with Gasteiger partial charge in [-0.2, -0.15) is 5.10 Å². The molecule has 12 heteroatoms. The fourth-order valence-corrected chi connectivity index (χ4v) is 6.14. The molecular weight excluding hydrogens is 592 g/mol. The number of benzene rings is 3. The third-order valence-electron chi connectivity index (χ3n) is 8.69. The van der Waals surface area contributed by atoms with E-state index < -0.39 is 11.6 Å². The Hall–Kier alpha value is -4.71. The van der Waals surface area contributed by atoms with Crippen LogP contribution in [0.1, 0.15) is 41.3 Å². The lowest BCUT2D eigenvalue weighted by Gasteiger charge is -2.35. The van der Waals surface area contributed by atoms with Crippen LogP contribution in [0.5, 0.6) is 0 Å². The number of aromatic nitrogens is 2. The molecule has 0 unspecified atom stereocenters. The van der Waals surface area contributed by atoms with Crippen molar-refractivity contribution in [3.05, 3.63) is 82.9 Å². The van der Waals surface area contributed by atoms with Crippen molar-refractivity contribution in [3.8, 4) is 0 Å². The second-order valence-corrected chi connectivity index (χ2v) is 12.0. The summed E-state index contributed by atoms with van der Waals surface area (Å²) in [5.74, 6) is -1.20. The SMILES string of the molecule is CCOC(=O)N1CCC(Nc2cc(N3CCN(C)CC3)ccc2C(=O)Nc2n[nH]c3ccc(Cc4cc(F)cc(F)c4)cc23)CC1. The number of aromatic amines is 1. The molecule has 3 N–H and O–H groups in total. The zero-order valence-corrected chi connectivity index (χ0v) is 26.1. The minimum atomic E-state index is -0.625. The van der Waals surface area contributed by atoms with Crippen molar-refractivity contribution in [2.24, 2.45) is 0 Å². The fourth-order valence-electron chi connectivity index (χ4n) is 6.14. The number of ether oxygens (including phenoxy) is 1. The highest BCUT2D eigenvalue weighted by atomic mass is 19.1. The number of nitrogens with one attached hydrogen (secondary N) is 3. The molecule has 2 amide bonds. The van der Waals surface area contributed by atoms with Crippen LogP contribution in [-0.4, -0.2) is 91.0 Å². The number of likely N-dealkylation sites (N-methyl/N-ethyl adjacent to an activating group) is 1. The highest BCUT2D eigenvalue weighted by Gasteiger charge is 2.26. The molecule has 0 radical (unpaired) electrons. The highest BCUT2D eigenvalue weighted by Crippen LogP contribution is 2.30. The van der Waals surface area contributed by atoms with E-state index in [9.17, 15) is 18.4 Å². The number of piperazine rings is 1. The van der Waals surface area contributed by atoms with Gasteiger partial charge in [-0.3, -0.25) is 9.89 Å². The maximum atomic E-state index is 13.8. The Labute approximate surface area is 266 Å². The van der Waals surface area contributed by atoms with Crippen LogP contribution in [0.3, 0.4) is 0 Å². The maximum Gasteiger partial charge on any atom is 0.409 e. The molecule has 0 spiro atoms. The van der Waals surface area contributed by atoms with Crippen molar-refractivity contribution < 1.29 is 23.1 Å². The van der Waals surface area contributed by atoms with Crippen LogP contribution < -0.4 is 15.5 Å². The summed E-state index contributed by atoms with van der Waals surface area (Å²) in [4.78, 5) is 32.4. The minimum Gasteiger partial charge on any atom is -0.450 e. The zero-order valence-electron chi connectivity index (χ0n) is 26.1. The van der Waals surface area contributed by atoms with Crippen molar-refractivity contribution >= 4 is 40.1 Å². The first-order valence-electron chi connectivity index (χ1n) is 15.7. The summed E-state index contributed by atoms with van der Waals surface area (Å²) < 4.78 is 32.7. The number of rotatable bonds is 8. The van der Waals surface area contributed by atoms with Crippen LogP contribution in [-0.2, 0) is 11.2 Å². The number of nitrogens with zero attached hydrogens (tertiary/aromatic N) is 4. The standard InChI is InChI=1S/C34H39F2N7O3/c1-3-46-34(45)43-10-8-26(9-11-43)37-31-21-27(42-14-12-41(2)13-15-42)5-6-28(31)33(44)38-32-29-19-22(4-7-30(29)39-40-32)16-23-17-24(35)20-25(36)18-23/h4-7,17-21,26,37H,3,8-16H2,1-2H3,(H2,38,39,40,44). The Bertz CT molecular complexity index is 1690. The van der Waals surface area contributed by atoms with Gasteiger partial charge in [-0.15, -0.1) is 0 Å². The lowest BCUT2D eigenvalue weighted by Crippen LogP contribution is -2.44. The minimum absolute atomic E-state index is 0.0707. The lowest BCUT2D eigenvalue weighted by atomic mass is 10.0. The molecule has 0 aliphatic carbocycles. The quantitative estimate of drug-likeness (QED) is 0.237. The number of piperidine rings is 1. The molecule has 3 aromatic carbocycles. The summed E-state index contributed by atoms with van der Waals surface area (Å²) >= 11 is 0. The maximum absolute atomic E-state index is 13.8. The van der Waals surface area contributed by atoms with Crippen LogP contribution in [0.4, 0.5) is 30.8 Å². The average molecular weight is 632 g/mol. The summed E-state index contributed by atoms with van der Waals surface area (Å²) in [5.41, 5.74) is 4.30. The van der Waals surface area contributed by atoms with Gasteiger partial charge in [0.1, 0.15) is 11.6 Å². The molecule has 242 valence electrons. The number of carbonyl (C=O) groups is 2. The number of anilines is 3. The molecule has 2 aliphatic heterocycles. The number of amides is 2. The van der Waals surface area contributed by atoms with Gasteiger partial charge in [0.15, 0.2) is 5.82 Å². The van der Waals surface area contributed by atoms with Gasteiger partial charge in [0.2, 0.25) is 0 Å². The molecule has 6 rings (SSSR count). The second-order valence-electron chi connectivity index (χ2n) is 12.0. The van der Waals surface area contributed by atoms with Crippen molar-refractivity contribution in [3.63, 3.8) is 0 Å². The first kappa shape index (κ1) is 31.3. The van der Waals surface area contributed by atoms with E-state index in [1.54, 1.807) is 11.8 Å². The Morgan fingerprint density at radius 2 is 1.67 bits per heavy atom. The number of fused-ring (bicyclic) bond motifs is 1. The molecule has 46 heavy (non-hydrogen) atoms. The van der Waals surface area contributed by atoms with Gasteiger partial charge in [-0.25, -0.2) is 13.6 Å². The summed E-state index contributed by atoms with van der Waals surface area (Å²) in [7, 11) is 2.11. The third kappa shape index (κ3) is 7.23. The monoisotopic (exact) mass is 631 g/mol. The molecule has 0 bridgehead atoms. The molecule has 2 fully saturated rings. The van der Waals surface area contributed by atoms with Crippen molar-refractivity contribution in [2.45, 2.75) is 32.2 Å². The molecule has 10 nitrogen and oxygen atoms in total. The number of hydrogen-bond donors (Lipinski definition) is 3. The van der Waals surface area contributed by atoms with Gasteiger partial charge >= 0.3 is 6.09 Å². The van der Waals surface area contributed by atoms with Crippen LogP contribution in [0.15, 0.2) is 54.6 Å². The molecule has 3 heterocycles. The topological polar surface area (TPSA) is 106 Å². The third-order valence-corrected chi connectivity index (χ3v) is 8.69. The van der Waals surface area contributed by atoms with Crippen molar-refractivity contribution in [2.75, 3.05) is 68.5 Å². The Morgan fingerprint density at radius 3 is 2.39 bits per heavy atom. The van der Waals surface area contributed by atoms with E-state index in [4.69, 9.17) is 4.74 Å². The van der Waals surface area contributed by atoms with Crippen LogP contribution >= 0.6 is 0 Å². The Morgan fingerprint density at radius 1 is 0.935 bits per heavy atom. The first-order valence-corrected chi connectivity index (χ1v) is 15.7. The molecule has 4 aromatic rings. The van der Waals surface area contributed by atoms with Crippen LogP contribution in [0, 0.1) is 11.6 Å². The number of H-pyrrole nitrogens is 1. The lowest BCUT2D eigenvalue weighted by molar-refractivity contribution is 0.0983. The molecule has 0 atom stereocenters. The Balaban J connectivity index is 1.22. The van der Waals surface area contributed by atoms with E-state index in [1.165, 1.54) is 12.1 Å². The predicted octanol–water partition coefficient (Wildman–Crippen LogP) is 5.47. The Kier molecular flexibility index (Phi) is 9.34. The largest absolute Gasteiger partial charge is 0.450 e. The summed E-state index contributed by atoms with van der Waals surface area (Å²) in [6.45, 7) is 6.98. The van der Waals surface area contributed by atoms with Gasteiger partial charge in [-0.1, -0.05) is 6.07 Å². The van der Waals surface area contributed by atoms with Crippen molar-refractivity contribution in [1.29, 1.82) is 0 Å².